The molecule has 2 rings (SSSR count). The monoisotopic (exact) mass is 376 g/mol. The number of hydrogen-bond donors (Lipinski definition) is 2. The first-order valence-electron chi connectivity index (χ1n) is 8.15. The largest absolute Gasteiger partial charge is 0.460 e. The van der Waals surface area contributed by atoms with Gasteiger partial charge < -0.3 is 15.4 Å². The molecule has 0 aliphatic carbocycles. The van der Waals surface area contributed by atoms with Crippen LogP contribution in [0.4, 0.5) is 8.78 Å². The summed E-state index contributed by atoms with van der Waals surface area (Å²) in [7, 11) is 0. The van der Waals surface area contributed by atoms with Gasteiger partial charge in [0.05, 0.1) is 5.56 Å². The van der Waals surface area contributed by atoms with Gasteiger partial charge in [-0.2, -0.15) is 0 Å². The van der Waals surface area contributed by atoms with Gasteiger partial charge in [0, 0.05) is 19.0 Å². The van der Waals surface area contributed by atoms with Gasteiger partial charge in [0.2, 0.25) is 5.91 Å². The van der Waals surface area contributed by atoms with Crippen LogP contribution < -0.4 is 10.6 Å². The molecule has 0 aliphatic rings. The third kappa shape index (κ3) is 6.85. The number of halogens is 2. The maximum Gasteiger partial charge on any atom is 0.325 e. The highest BCUT2D eigenvalue weighted by atomic mass is 19.1. The molecule has 0 fully saturated rings. The Morgan fingerprint density at radius 3 is 2.41 bits per heavy atom. The first-order chi connectivity index (χ1) is 13.0. The summed E-state index contributed by atoms with van der Waals surface area (Å²) >= 11 is 0. The van der Waals surface area contributed by atoms with E-state index in [1.165, 1.54) is 0 Å². The molecule has 0 saturated heterocycles. The van der Waals surface area contributed by atoms with Crippen molar-refractivity contribution >= 4 is 17.8 Å². The molecule has 2 aromatic rings. The number of benzene rings is 2. The third-order valence-corrected chi connectivity index (χ3v) is 3.49. The fourth-order valence-corrected chi connectivity index (χ4v) is 2.11. The van der Waals surface area contributed by atoms with Crippen LogP contribution in [0.2, 0.25) is 0 Å². The highest BCUT2D eigenvalue weighted by molar-refractivity contribution is 5.94. The first kappa shape index (κ1) is 20.0. The van der Waals surface area contributed by atoms with E-state index >= 15 is 0 Å². The summed E-state index contributed by atoms with van der Waals surface area (Å²) in [6.45, 7) is -0.262. The van der Waals surface area contributed by atoms with E-state index in [-0.39, 0.29) is 31.7 Å². The molecule has 2 amide bonds. The number of esters is 1. The number of ether oxygens (including phenoxy) is 1. The molecule has 0 bridgehead atoms. The van der Waals surface area contributed by atoms with Crippen LogP contribution in [-0.4, -0.2) is 30.9 Å². The van der Waals surface area contributed by atoms with Crippen molar-refractivity contribution in [1.29, 1.82) is 0 Å². The molecule has 142 valence electrons. The van der Waals surface area contributed by atoms with E-state index in [2.05, 4.69) is 10.6 Å². The Kier molecular flexibility index (Phi) is 7.42. The number of carbonyl (C=O) groups is 3. The van der Waals surface area contributed by atoms with E-state index < -0.39 is 29.4 Å². The van der Waals surface area contributed by atoms with Crippen LogP contribution in [0.25, 0.3) is 0 Å². The average Bonchev–Trinajstić information content (AvgIpc) is 2.65. The van der Waals surface area contributed by atoms with Crippen molar-refractivity contribution in [2.45, 2.75) is 13.0 Å². The summed E-state index contributed by atoms with van der Waals surface area (Å²) in [6.07, 6.45) is -0.111. The molecule has 0 spiro atoms. The third-order valence-electron chi connectivity index (χ3n) is 3.49. The summed E-state index contributed by atoms with van der Waals surface area (Å²) < 4.78 is 31.3. The summed E-state index contributed by atoms with van der Waals surface area (Å²) in [4.78, 5) is 35.0. The highest BCUT2D eigenvalue weighted by Crippen LogP contribution is 2.09. The molecule has 6 nitrogen and oxygen atoms in total. The van der Waals surface area contributed by atoms with Crippen LogP contribution in [0.3, 0.4) is 0 Å². The van der Waals surface area contributed by atoms with Crippen molar-refractivity contribution in [3.05, 3.63) is 71.3 Å². The molecule has 27 heavy (non-hydrogen) atoms. The lowest BCUT2D eigenvalue weighted by atomic mass is 10.2. The summed E-state index contributed by atoms with van der Waals surface area (Å²) in [5, 5.41) is 4.71. The van der Waals surface area contributed by atoms with Crippen molar-refractivity contribution in [2.75, 3.05) is 13.1 Å². The standard InChI is InChI=1S/C19H18F2N2O4/c20-14-6-7-15(16(21)10-14)19(26)22-9-8-17(24)23-11-18(25)27-12-13-4-2-1-3-5-13/h1-7,10H,8-9,11-12H2,(H,22,26)(H,23,24). The molecule has 0 aromatic heterocycles. The predicted molar refractivity (Wildman–Crippen MR) is 92.6 cm³/mol. The normalized spacial score (nSPS) is 10.1. The average molecular weight is 376 g/mol. The molecular weight excluding hydrogens is 358 g/mol. The van der Waals surface area contributed by atoms with Crippen LogP contribution >= 0.6 is 0 Å². The molecule has 0 heterocycles. The lowest BCUT2D eigenvalue weighted by Crippen LogP contribution is -2.34. The number of amides is 2. The van der Waals surface area contributed by atoms with Crippen LogP contribution in [-0.2, 0) is 20.9 Å². The quantitative estimate of drug-likeness (QED) is 0.690. The predicted octanol–water partition coefficient (Wildman–Crippen LogP) is 1.94. The van der Waals surface area contributed by atoms with Gasteiger partial charge in [-0.25, -0.2) is 8.78 Å². The van der Waals surface area contributed by atoms with E-state index in [4.69, 9.17) is 4.74 Å². The number of rotatable bonds is 8. The minimum atomic E-state index is -0.988. The van der Waals surface area contributed by atoms with E-state index in [1.54, 1.807) is 12.1 Å². The maximum absolute atomic E-state index is 13.5. The Balaban J connectivity index is 1.64. The van der Waals surface area contributed by atoms with Crippen molar-refractivity contribution < 1.29 is 27.9 Å². The van der Waals surface area contributed by atoms with Gasteiger partial charge in [-0.15, -0.1) is 0 Å². The Morgan fingerprint density at radius 2 is 1.70 bits per heavy atom. The fourth-order valence-electron chi connectivity index (χ4n) is 2.11. The molecule has 0 aliphatic heterocycles. The number of carbonyl (C=O) groups excluding carboxylic acids is 3. The van der Waals surface area contributed by atoms with Gasteiger partial charge in [0.15, 0.2) is 0 Å². The maximum atomic E-state index is 13.5. The zero-order chi connectivity index (χ0) is 19.6. The minimum Gasteiger partial charge on any atom is -0.460 e. The summed E-state index contributed by atoms with van der Waals surface area (Å²) in [6, 6.07) is 11.7. The van der Waals surface area contributed by atoms with Crippen molar-refractivity contribution in [2.24, 2.45) is 0 Å². The molecule has 8 heteroatoms. The summed E-state index contributed by atoms with van der Waals surface area (Å²) in [5.74, 6) is -3.61. The fraction of sp³-hybridized carbons (Fsp3) is 0.211. The van der Waals surface area contributed by atoms with E-state index in [9.17, 15) is 23.2 Å². The topological polar surface area (TPSA) is 84.5 Å². The van der Waals surface area contributed by atoms with Gasteiger partial charge >= 0.3 is 5.97 Å². The second-order valence-corrected chi connectivity index (χ2v) is 5.55. The molecular formula is C19H18F2N2O4. The van der Waals surface area contributed by atoms with Crippen LogP contribution in [0.5, 0.6) is 0 Å². The van der Waals surface area contributed by atoms with Gasteiger partial charge in [-0.3, -0.25) is 14.4 Å². The Hall–Kier alpha value is -3.29. The molecule has 0 radical (unpaired) electrons. The Bertz CT molecular complexity index is 813. The second kappa shape index (κ2) is 10.0. The van der Waals surface area contributed by atoms with E-state index in [1.807, 2.05) is 18.2 Å². The van der Waals surface area contributed by atoms with Crippen LogP contribution in [0.15, 0.2) is 48.5 Å². The molecule has 0 atom stereocenters. The molecule has 0 saturated carbocycles. The Labute approximate surface area is 154 Å². The lowest BCUT2D eigenvalue weighted by Gasteiger charge is -2.08. The minimum absolute atomic E-state index is 0.0689. The Morgan fingerprint density at radius 1 is 0.963 bits per heavy atom. The van der Waals surface area contributed by atoms with Gasteiger partial charge in [-0.05, 0) is 17.7 Å². The number of nitrogens with one attached hydrogen (secondary N) is 2. The van der Waals surface area contributed by atoms with E-state index in [0.717, 1.165) is 17.7 Å². The van der Waals surface area contributed by atoms with Gasteiger partial charge in [0.25, 0.3) is 5.91 Å². The molecule has 2 N–H and O–H groups in total. The van der Waals surface area contributed by atoms with E-state index in [0.29, 0.717) is 6.07 Å². The van der Waals surface area contributed by atoms with Crippen molar-refractivity contribution in [1.82, 2.24) is 10.6 Å². The SMILES string of the molecule is O=C(CCNC(=O)c1ccc(F)cc1F)NCC(=O)OCc1ccccc1. The molecule has 0 unspecified atom stereocenters. The van der Waals surface area contributed by atoms with Crippen LogP contribution in [0.1, 0.15) is 22.3 Å². The van der Waals surface area contributed by atoms with Gasteiger partial charge in [-0.1, -0.05) is 30.3 Å². The number of hydrogen-bond acceptors (Lipinski definition) is 4. The first-order valence-corrected chi connectivity index (χ1v) is 8.15. The second-order valence-electron chi connectivity index (χ2n) is 5.55. The van der Waals surface area contributed by atoms with Crippen LogP contribution in [0, 0.1) is 11.6 Å². The van der Waals surface area contributed by atoms with Gasteiger partial charge in [0.1, 0.15) is 24.8 Å². The zero-order valence-corrected chi connectivity index (χ0v) is 14.3. The van der Waals surface area contributed by atoms with Crippen molar-refractivity contribution in [3.63, 3.8) is 0 Å². The van der Waals surface area contributed by atoms with Crippen molar-refractivity contribution in [3.8, 4) is 0 Å². The summed E-state index contributed by atoms with van der Waals surface area (Å²) in [5.41, 5.74) is 0.509. The lowest BCUT2D eigenvalue weighted by molar-refractivity contribution is -0.145. The smallest absolute Gasteiger partial charge is 0.325 e. The molecule has 2 aromatic carbocycles. The zero-order valence-electron chi connectivity index (χ0n) is 14.3. The highest BCUT2D eigenvalue weighted by Gasteiger charge is 2.13.